The molecule has 1 aromatic rings. The molecule has 1 saturated heterocycles. The van der Waals surface area contributed by atoms with Crippen molar-refractivity contribution in [2.75, 3.05) is 32.7 Å². The van der Waals surface area contributed by atoms with Crippen molar-refractivity contribution in [1.82, 2.24) is 15.5 Å². The van der Waals surface area contributed by atoms with E-state index in [1.54, 1.807) is 0 Å². The van der Waals surface area contributed by atoms with Gasteiger partial charge in [0.15, 0.2) is 0 Å². The number of piperidine rings is 1. The fourth-order valence-corrected chi connectivity index (χ4v) is 2.67. The van der Waals surface area contributed by atoms with Crippen LogP contribution in [0.1, 0.15) is 36.0 Å². The van der Waals surface area contributed by atoms with Gasteiger partial charge < -0.3 is 15.5 Å². The van der Waals surface area contributed by atoms with E-state index in [9.17, 15) is 14.0 Å². The quantitative estimate of drug-likeness (QED) is 0.749. The standard InChI is InChI=1S/C17H24FN3O2/c18-15-7-4-6-14(12-15)17(23)20-13-16(22)19-8-5-11-21-9-2-1-3-10-21/h4,6-7,12H,1-3,5,8-11,13H2,(H,19,22)(H,20,23). The van der Waals surface area contributed by atoms with Crippen molar-refractivity contribution in [3.8, 4) is 0 Å². The van der Waals surface area contributed by atoms with Gasteiger partial charge >= 0.3 is 0 Å². The van der Waals surface area contributed by atoms with E-state index in [2.05, 4.69) is 15.5 Å². The molecule has 1 fully saturated rings. The summed E-state index contributed by atoms with van der Waals surface area (Å²) in [5, 5.41) is 5.27. The lowest BCUT2D eigenvalue weighted by atomic mass is 10.1. The maximum atomic E-state index is 13.0. The van der Waals surface area contributed by atoms with Gasteiger partial charge in [-0.25, -0.2) is 4.39 Å². The van der Waals surface area contributed by atoms with Crippen LogP contribution in [0.5, 0.6) is 0 Å². The highest BCUT2D eigenvalue weighted by Crippen LogP contribution is 2.08. The first-order chi connectivity index (χ1) is 11.1. The van der Waals surface area contributed by atoms with Crippen LogP contribution in [-0.4, -0.2) is 49.4 Å². The number of likely N-dealkylation sites (tertiary alicyclic amines) is 1. The number of amides is 2. The zero-order valence-corrected chi connectivity index (χ0v) is 13.3. The molecule has 1 aliphatic rings. The Morgan fingerprint density at radius 2 is 1.91 bits per heavy atom. The fourth-order valence-electron chi connectivity index (χ4n) is 2.67. The number of hydrogen-bond acceptors (Lipinski definition) is 3. The Kier molecular flexibility index (Phi) is 7.00. The average molecular weight is 321 g/mol. The van der Waals surface area contributed by atoms with E-state index in [0.717, 1.165) is 32.1 Å². The summed E-state index contributed by atoms with van der Waals surface area (Å²) in [4.78, 5) is 25.9. The summed E-state index contributed by atoms with van der Waals surface area (Å²) in [7, 11) is 0. The number of nitrogens with zero attached hydrogens (tertiary/aromatic N) is 1. The van der Waals surface area contributed by atoms with Crippen molar-refractivity contribution >= 4 is 11.8 Å². The molecule has 0 atom stereocenters. The third kappa shape index (κ3) is 6.36. The monoisotopic (exact) mass is 321 g/mol. The summed E-state index contributed by atoms with van der Waals surface area (Å²) in [5.74, 6) is -1.15. The normalized spacial score (nSPS) is 15.2. The molecular formula is C17H24FN3O2. The highest BCUT2D eigenvalue weighted by atomic mass is 19.1. The first kappa shape index (κ1) is 17.4. The number of nitrogens with one attached hydrogen (secondary N) is 2. The molecule has 126 valence electrons. The van der Waals surface area contributed by atoms with Crippen LogP contribution in [0.25, 0.3) is 0 Å². The summed E-state index contributed by atoms with van der Waals surface area (Å²) >= 11 is 0. The first-order valence-electron chi connectivity index (χ1n) is 8.18. The molecule has 1 heterocycles. The average Bonchev–Trinajstić information content (AvgIpc) is 2.57. The molecular weight excluding hydrogens is 297 g/mol. The Hall–Kier alpha value is -1.95. The van der Waals surface area contributed by atoms with Crippen molar-refractivity contribution in [3.05, 3.63) is 35.6 Å². The molecule has 0 spiro atoms. The number of hydrogen-bond donors (Lipinski definition) is 2. The van der Waals surface area contributed by atoms with E-state index in [1.165, 1.54) is 37.5 Å². The number of carbonyl (C=O) groups is 2. The highest BCUT2D eigenvalue weighted by Gasteiger charge is 2.10. The molecule has 2 amide bonds. The van der Waals surface area contributed by atoms with Crippen molar-refractivity contribution in [3.63, 3.8) is 0 Å². The maximum absolute atomic E-state index is 13.0. The second kappa shape index (κ2) is 9.25. The second-order valence-electron chi connectivity index (χ2n) is 5.80. The van der Waals surface area contributed by atoms with Crippen LogP contribution in [0.2, 0.25) is 0 Å². The van der Waals surface area contributed by atoms with Crippen molar-refractivity contribution < 1.29 is 14.0 Å². The molecule has 6 heteroatoms. The molecule has 1 aromatic carbocycles. The van der Waals surface area contributed by atoms with E-state index in [1.807, 2.05) is 0 Å². The number of rotatable bonds is 7. The lowest BCUT2D eigenvalue weighted by Crippen LogP contribution is -2.38. The zero-order chi connectivity index (χ0) is 16.5. The van der Waals surface area contributed by atoms with Gasteiger partial charge in [-0.2, -0.15) is 0 Å². The smallest absolute Gasteiger partial charge is 0.251 e. The third-order valence-corrected chi connectivity index (χ3v) is 3.92. The van der Waals surface area contributed by atoms with Crippen molar-refractivity contribution in [1.29, 1.82) is 0 Å². The molecule has 1 aliphatic heterocycles. The number of halogens is 1. The van der Waals surface area contributed by atoms with Crippen LogP contribution in [0.3, 0.4) is 0 Å². The summed E-state index contributed by atoms with van der Waals surface area (Å²) < 4.78 is 13.0. The fraction of sp³-hybridized carbons (Fsp3) is 0.529. The molecule has 0 aromatic heterocycles. The Balaban J connectivity index is 1.58. The Bertz CT molecular complexity index is 530. The van der Waals surface area contributed by atoms with Gasteiger partial charge in [-0.1, -0.05) is 12.5 Å². The van der Waals surface area contributed by atoms with Crippen LogP contribution in [-0.2, 0) is 4.79 Å². The van der Waals surface area contributed by atoms with Gasteiger partial charge in [0.1, 0.15) is 5.82 Å². The summed E-state index contributed by atoms with van der Waals surface area (Å²) in [6.07, 6.45) is 4.75. The van der Waals surface area contributed by atoms with Crippen molar-refractivity contribution in [2.45, 2.75) is 25.7 Å². The van der Waals surface area contributed by atoms with E-state index >= 15 is 0 Å². The predicted octanol–water partition coefficient (Wildman–Crippen LogP) is 1.55. The largest absolute Gasteiger partial charge is 0.355 e. The molecule has 5 nitrogen and oxygen atoms in total. The summed E-state index contributed by atoms with van der Waals surface area (Å²) in [5.41, 5.74) is 0.211. The molecule has 0 radical (unpaired) electrons. The predicted molar refractivity (Wildman–Crippen MR) is 86.7 cm³/mol. The Labute approximate surface area is 136 Å². The lowest BCUT2D eigenvalue weighted by molar-refractivity contribution is -0.120. The molecule has 23 heavy (non-hydrogen) atoms. The van der Waals surface area contributed by atoms with Crippen LogP contribution in [0.15, 0.2) is 24.3 Å². The van der Waals surface area contributed by atoms with Crippen LogP contribution >= 0.6 is 0 Å². The maximum Gasteiger partial charge on any atom is 0.251 e. The van der Waals surface area contributed by atoms with Gasteiger partial charge in [0.25, 0.3) is 5.91 Å². The minimum atomic E-state index is -0.472. The number of benzene rings is 1. The van der Waals surface area contributed by atoms with E-state index in [-0.39, 0.29) is 18.0 Å². The minimum absolute atomic E-state index is 0.0982. The van der Waals surface area contributed by atoms with Gasteiger partial charge in [-0.3, -0.25) is 9.59 Å². The Morgan fingerprint density at radius 1 is 1.13 bits per heavy atom. The first-order valence-corrected chi connectivity index (χ1v) is 8.18. The van der Waals surface area contributed by atoms with E-state index < -0.39 is 11.7 Å². The zero-order valence-electron chi connectivity index (χ0n) is 13.3. The lowest BCUT2D eigenvalue weighted by Gasteiger charge is -2.26. The molecule has 0 unspecified atom stereocenters. The topological polar surface area (TPSA) is 61.4 Å². The van der Waals surface area contributed by atoms with Gasteiger partial charge in [0.2, 0.25) is 5.91 Å². The molecule has 0 bridgehead atoms. The van der Waals surface area contributed by atoms with Gasteiger partial charge in [0.05, 0.1) is 6.54 Å². The third-order valence-electron chi connectivity index (χ3n) is 3.92. The minimum Gasteiger partial charge on any atom is -0.355 e. The van der Waals surface area contributed by atoms with Gasteiger partial charge in [-0.15, -0.1) is 0 Å². The van der Waals surface area contributed by atoms with Gasteiger partial charge in [0, 0.05) is 12.1 Å². The van der Waals surface area contributed by atoms with Crippen LogP contribution in [0, 0.1) is 5.82 Å². The molecule has 0 saturated carbocycles. The van der Waals surface area contributed by atoms with Gasteiger partial charge in [-0.05, 0) is 57.1 Å². The van der Waals surface area contributed by atoms with Crippen LogP contribution < -0.4 is 10.6 Å². The molecule has 0 aliphatic carbocycles. The SMILES string of the molecule is O=C(CNC(=O)c1cccc(F)c1)NCCCN1CCCCC1. The molecule has 2 N–H and O–H groups in total. The number of carbonyl (C=O) groups excluding carboxylic acids is 2. The molecule has 2 rings (SSSR count). The van der Waals surface area contributed by atoms with Crippen LogP contribution in [0.4, 0.5) is 4.39 Å². The second-order valence-corrected chi connectivity index (χ2v) is 5.80. The van der Waals surface area contributed by atoms with E-state index in [0.29, 0.717) is 6.54 Å². The summed E-state index contributed by atoms with van der Waals surface area (Å²) in [6, 6.07) is 5.39. The highest BCUT2D eigenvalue weighted by molar-refractivity contribution is 5.96. The van der Waals surface area contributed by atoms with E-state index in [4.69, 9.17) is 0 Å². The summed E-state index contributed by atoms with van der Waals surface area (Å²) in [6.45, 7) is 3.80. The van der Waals surface area contributed by atoms with Crippen molar-refractivity contribution in [2.24, 2.45) is 0 Å². The Morgan fingerprint density at radius 3 is 2.65 bits per heavy atom.